The fraction of sp³-hybridized carbons (Fsp3) is 0.583. The number of carbonyl (C=O) groups excluding carboxylic acids is 1. The Balaban J connectivity index is 2.69. The van der Waals surface area contributed by atoms with E-state index in [1.54, 1.807) is 23.1 Å². The Hall–Kier alpha value is -0.520. The maximum Gasteiger partial charge on any atom is 0.252 e. The van der Waals surface area contributed by atoms with Gasteiger partial charge in [0.2, 0.25) is 0 Å². The van der Waals surface area contributed by atoms with E-state index in [-0.39, 0.29) is 23.8 Å². The second-order valence-electron chi connectivity index (χ2n) is 4.05. The molecule has 1 aromatic rings. The molecule has 2 unspecified atom stereocenters. The molecule has 2 atom stereocenters. The maximum absolute atomic E-state index is 12.0. The zero-order valence-corrected chi connectivity index (χ0v) is 12.2. The molecule has 0 saturated carbocycles. The zero-order chi connectivity index (χ0) is 13.0. The molecule has 3 nitrogen and oxygen atoms in total. The van der Waals surface area contributed by atoms with Crippen LogP contribution in [0.15, 0.2) is 6.07 Å². The quantitative estimate of drug-likeness (QED) is 0.865. The minimum atomic E-state index is -0.0492. The van der Waals surface area contributed by atoms with E-state index in [9.17, 15) is 4.79 Å². The molecule has 0 radical (unpaired) electrons. The lowest BCUT2D eigenvalue weighted by Gasteiger charge is -2.21. The summed E-state index contributed by atoms with van der Waals surface area (Å²) >= 11 is 3.19. The smallest absolute Gasteiger partial charge is 0.252 e. The van der Waals surface area contributed by atoms with Crippen molar-refractivity contribution in [3.63, 3.8) is 0 Å². The van der Waals surface area contributed by atoms with E-state index in [4.69, 9.17) is 5.11 Å². The van der Waals surface area contributed by atoms with Gasteiger partial charge in [-0.05, 0) is 33.1 Å². The van der Waals surface area contributed by atoms with Crippen molar-refractivity contribution < 1.29 is 9.90 Å². The first-order chi connectivity index (χ1) is 7.99. The lowest BCUT2D eigenvalue weighted by molar-refractivity contribution is 0.0936. The largest absolute Gasteiger partial charge is 0.395 e. The van der Waals surface area contributed by atoms with Crippen LogP contribution >= 0.6 is 23.1 Å². The number of rotatable bonds is 5. The lowest BCUT2D eigenvalue weighted by atomic mass is 10.2. The fourth-order valence-electron chi connectivity index (χ4n) is 1.67. The maximum atomic E-state index is 12.0. The first kappa shape index (κ1) is 14.5. The van der Waals surface area contributed by atoms with Crippen LogP contribution in [-0.2, 0) is 0 Å². The number of nitrogens with one attached hydrogen (secondary N) is 1. The average molecular weight is 273 g/mol. The summed E-state index contributed by atoms with van der Waals surface area (Å²) in [4.78, 5) is 14.2. The molecule has 0 saturated heterocycles. The third-order valence-corrected chi connectivity index (χ3v) is 4.81. The van der Waals surface area contributed by atoms with Gasteiger partial charge in [0.15, 0.2) is 0 Å². The van der Waals surface area contributed by atoms with Crippen LogP contribution in [0.4, 0.5) is 0 Å². The van der Waals surface area contributed by atoms with Gasteiger partial charge in [-0.3, -0.25) is 4.79 Å². The number of amides is 1. The van der Waals surface area contributed by atoms with Crippen molar-refractivity contribution in [3.8, 4) is 0 Å². The lowest BCUT2D eigenvalue weighted by Crippen LogP contribution is -2.41. The second kappa shape index (κ2) is 6.42. The molecule has 5 heteroatoms. The van der Waals surface area contributed by atoms with E-state index >= 15 is 0 Å². The van der Waals surface area contributed by atoms with Gasteiger partial charge in [0.1, 0.15) is 0 Å². The van der Waals surface area contributed by atoms with E-state index in [2.05, 4.69) is 5.32 Å². The van der Waals surface area contributed by atoms with Gasteiger partial charge in [-0.2, -0.15) is 11.8 Å². The van der Waals surface area contributed by atoms with E-state index < -0.39 is 0 Å². The highest BCUT2D eigenvalue weighted by atomic mass is 32.2. The summed E-state index contributed by atoms with van der Waals surface area (Å²) in [6, 6.07) is 1.87. The Morgan fingerprint density at radius 3 is 2.65 bits per heavy atom. The number of thiophene rings is 1. The summed E-state index contributed by atoms with van der Waals surface area (Å²) in [6.07, 6.45) is 1.93. The van der Waals surface area contributed by atoms with Crippen molar-refractivity contribution in [1.29, 1.82) is 0 Å². The Morgan fingerprint density at radius 2 is 2.24 bits per heavy atom. The number of hydrogen-bond donors (Lipinski definition) is 2. The van der Waals surface area contributed by atoms with Gasteiger partial charge in [0.05, 0.1) is 12.2 Å². The Kier molecular flexibility index (Phi) is 5.49. The van der Waals surface area contributed by atoms with Crippen LogP contribution < -0.4 is 5.32 Å². The van der Waals surface area contributed by atoms with Gasteiger partial charge in [-0.1, -0.05) is 0 Å². The number of hydrogen-bond acceptors (Lipinski definition) is 4. The standard InChI is InChI=1S/C12H19NO2S2/c1-7-5-10(9(3)17-7)12(15)13-8(2)11(6-14)16-4/h5,8,11,14H,6H2,1-4H3,(H,13,15). The molecule has 0 bridgehead atoms. The van der Waals surface area contributed by atoms with E-state index in [0.717, 1.165) is 15.3 Å². The molecule has 0 aromatic carbocycles. The summed E-state index contributed by atoms with van der Waals surface area (Å²) in [5.74, 6) is -0.0492. The topological polar surface area (TPSA) is 49.3 Å². The van der Waals surface area contributed by atoms with Gasteiger partial charge in [0.25, 0.3) is 5.91 Å². The number of carbonyl (C=O) groups is 1. The van der Waals surface area contributed by atoms with E-state index in [1.807, 2.05) is 33.1 Å². The first-order valence-electron chi connectivity index (χ1n) is 5.51. The zero-order valence-electron chi connectivity index (χ0n) is 10.6. The summed E-state index contributed by atoms with van der Waals surface area (Å²) in [7, 11) is 0. The summed E-state index contributed by atoms with van der Waals surface area (Å²) < 4.78 is 0. The third-order valence-electron chi connectivity index (χ3n) is 2.68. The molecule has 1 heterocycles. The third kappa shape index (κ3) is 3.72. The Labute approximate surface area is 111 Å². The van der Waals surface area contributed by atoms with Crippen LogP contribution in [0.3, 0.4) is 0 Å². The second-order valence-corrected chi connectivity index (χ2v) is 6.58. The highest BCUT2D eigenvalue weighted by molar-refractivity contribution is 7.99. The van der Waals surface area contributed by atoms with E-state index in [1.165, 1.54) is 0 Å². The molecule has 0 aliphatic rings. The molecular formula is C12H19NO2S2. The van der Waals surface area contributed by atoms with Crippen LogP contribution in [0.5, 0.6) is 0 Å². The minimum Gasteiger partial charge on any atom is -0.395 e. The van der Waals surface area contributed by atoms with E-state index in [0.29, 0.717) is 0 Å². The van der Waals surface area contributed by atoms with Crippen LogP contribution in [-0.4, -0.2) is 35.2 Å². The van der Waals surface area contributed by atoms with Crippen LogP contribution in [0.2, 0.25) is 0 Å². The van der Waals surface area contributed by atoms with Gasteiger partial charge < -0.3 is 10.4 Å². The molecule has 17 heavy (non-hydrogen) atoms. The van der Waals surface area contributed by atoms with Crippen molar-refractivity contribution in [2.45, 2.75) is 32.1 Å². The fourth-order valence-corrected chi connectivity index (χ4v) is 3.22. The van der Waals surface area contributed by atoms with Gasteiger partial charge in [-0.25, -0.2) is 0 Å². The highest BCUT2D eigenvalue weighted by Crippen LogP contribution is 2.21. The summed E-state index contributed by atoms with van der Waals surface area (Å²) in [5, 5.41) is 12.1. The predicted molar refractivity (Wildman–Crippen MR) is 75.1 cm³/mol. The summed E-state index contributed by atoms with van der Waals surface area (Å²) in [5.41, 5.74) is 0.747. The van der Waals surface area contributed by atoms with Crippen molar-refractivity contribution in [3.05, 3.63) is 21.4 Å². The molecule has 0 aliphatic heterocycles. The van der Waals surface area contributed by atoms with Crippen LogP contribution in [0, 0.1) is 13.8 Å². The number of aryl methyl sites for hydroxylation is 2. The highest BCUT2D eigenvalue weighted by Gasteiger charge is 2.19. The number of aliphatic hydroxyl groups excluding tert-OH is 1. The molecule has 0 aliphatic carbocycles. The predicted octanol–water partition coefficient (Wildman–Crippen LogP) is 2.21. The molecule has 1 aromatic heterocycles. The number of thioether (sulfide) groups is 1. The Bertz CT molecular complexity index is 386. The first-order valence-corrected chi connectivity index (χ1v) is 7.61. The number of aliphatic hydroxyl groups is 1. The normalized spacial score (nSPS) is 14.4. The SMILES string of the molecule is CSC(CO)C(C)NC(=O)c1cc(C)sc1C. The van der Waals surface area contributed by atoms with Crippen molar-refractivity contribution in [2.24, 2.45) is 0 Å². The monoisotopic (exact) mass is 273 g/mol. The molecule has 1 amide bonds. The molecule has 0 spiro atoms. The van der Waals surface area contributed by atoms with Crippen molar-refractivity contribution in [2.75, 3.05) is 12.9 Å². The summed E-state index contributed by atoms with van der Waals surface area (Å²) in [6.45, 7) is 5.94. The molecular weight excluding hydrogens is 254 g/mol. The van der Waals surface area contributed by atoms with Gasteiger partial charge in [0, 0.05) is 21.0 Å². The molecule has 2 N–H and O–H groups in total. The van der Waals surface area contributed by atoms with Crippen LogP contribution in [0.25, 0.3) is 0 Å². The minimum absolute atomic E-state index is 0.0397. The molecule has 96 valence electrons. The average Bonchev–Trinajstić information content (AvgIpc) is 2.59. The molecule has 0 fully saturated rings. The van der Waals surface area contributed by atoms with Crippen molar-refractivity contribution in [1.82, 2.24) is 5.32 Å². The van der Waals surface area contributed by atoms with Crippen LogP contribution in [0.1, 0.15) is 27.0 Å². The molecule has 1 rings (SSSR count). The van der Waals surface area contributed by atoms with Crippen molar-refractivity contribution >= 4 is 29.0 Å². The Morgan fingerprint density at radius 1 is 1.59 bits per heavy atom. The van der Waals surface area contributed by atoms with Gasteiger partial charge >= 0.3 is 0 Å². The van der Waals surface area contributed by atoms with Gasteiger partial charge in [-0.15, -0.1) is 11.3 Å².